The van der Waals surface area contributed by atoms with Crippen molar-refractivity contribution in [3.63, 3.8) is 0 Å². The molecule has 2 rings (SSSR count). The SMILES string of the molecule is NC1CCc2c(C(=O)O)ccc(F)c21. The molecule has 1 atom stereocenters. The number of carboxylic acid groups (broad SMARTS) is 1. The Kier molecular flexibility index (Phi) is 2.00. The van der Waals surface area contributed by atoms with Crippen LogP contribution in [0.5, 0.6) is 0 Å². The summed E-state index contributed by atoms with van der Waals surface area (Å²) in [6, 6.07) is 2.12. The molecular formula is C10H10FNO2. The fourth-order valence-electron chi connectivity index (χ4n) is 1.95. The molecule has 3 N–H and O–H groups in total. The molecule has 0 fully saturated rings. The molecule has 1 aromatic carbocycles. The van der Waals surface area contributed by atoms with Gasteiger partial charge in [-0.2, -0.15) is 0 Å². The van der Waals surface area contributed by atoms with E-state index in [9.17, 15) is 9.18 Å². The van der Waals surface area contributed by atoms with E-state index in [0.29, 0.717) is 24.0 Å². The lowest BCUT2D eigenvalue weighted by Gasteiger charge is -2.07. The van der Waals surface area contributed by atoms with Gasteiger partial charge in [-0.05, 0) is 30.5 Å². The molecule has 0 bridgehead atoms. The van der Waals surface area contributed by atoms with E-state index < -0.39 is 11.8 Å². The Bertz CT molecular complexity index is 403. The monoisotopic (exact) mass is 195 g/mol. The van der Waals surface area contributed by atoms with Gasteiger partial charge >= 0.3 is 5.97 Å². The van der Waals surface area contributed by atoms with Crippen molar-refractivity contribution in [2.75, 3.05) is 0 Å². The summed E-state index contributed by atoms with van der Waals surface area (Å²) in [6.07, 6.45) is 1.17. The maximum atomic E-state index is 13.3. The normalized spacial score (nSPS) is 19.4. The summed E-state index contributed by atoms with van der Waals surface area (Å²) in [5.41, 5.74) is 6.80. The minimum Gasteiger partial charge on any atom is -0.478 e. The van der Waals surface area contributed by atoms with Crippen molar-refractivity contribution in [2.45, 2.75) is 18.9 Å². The van der Waals surface area contributed by atoms with Crippen molar-refractivity contribution in [2.24, 2.45) is 5.73 Å². The summed E-state index contributed by atoms with van der Waals surface area (Å²) in [6.45, 7) is 0. The summed E-state index contributed by atoms with van der Waals surface area (Å²) in [7, 11) is 0. The maximum Gasteiger partial charge on any atom is 0.335 e. The average molecular weight is 195 g/mol. The number of aromatic carboxylic acids is 1. The highest BCUT2D eigenvalue weighted by Crippen LogP contribution is 2.33. The van der Waals surface area contributed by atoms with E-state index >= 15 is 0 Å². The van der Waals surface area contributed by atoms with Crippen LogP contribution >= 0.6 is 0 Å². The molecular weight excluding hydrogens is 185 g/mol. The number of hydrogen-bond donors (Lipinski definition) is 2. The average Bonchev–Trinajstić information content (AvgIpc) is 2.49. The van der Waals surface area contributed by atoms with E-state index in [4.69, 9.17) is 10.8 Å². The Balaban J connectivity index is 2.64. The zero-order valence-corrected chi connectivity index (χ0v) is 7.46. The van der Waals surface area contributed by atoms with Crippen molar-refractivity contribution in [3.05, 3.63) is 34.6 Å². The second-order valence-electron chi connectivity index (χ2n) is 3.44. The molecule has 0 heterocycles. The fourth-order valence-corrected chi connectivity index (χ4v) is 1.95. The highest BCUT2D eigenvalue weighted by molar-refractivity contribution is 5.90. The van der Waals surface area contributed by atoms with Gasteiger partial charge in [0.15, 0.2) is 0 Å². The predicted molar refractivity (Wildman–Crippen MR) is 48.6 cm³/mol. The zero-order chi connectivity index (χ0) is 10.3. The quantitative estimate of drug-likeness (QED) is 0.713. The van der Waals surface area contributed by atoms with E-state index in [0.717, 1.165) is 0 Å². The lowest BCUT2D eigenvalue weighted by molar-refractivity contribution is 0.0695. The number of hydrogen-bond acceptors (Lipinski definition) is 2. The lowest BCUT2D eigenvalue weighted by atomic mass is 10.0. The Morgan fingerprint density at radius 3 is 2.93 bits per heavy atom. The summed E-state index contributed by atoms with van der Waals surface area (Å²) in [5, 5.41) is 8.86. The molecule has 1 aliphatic carbocycles. The smallest absolute Gasteiger partial charge is 0.335 e. The minimum atomic E-state index is -1.02. The van der Waals surface area contributed by atoms with Crippen LogP contribution in [-0.4, -0.2) is 11.1 Å². The van der Waals surface area contributed by atoms with Crippen LogP contribution in [0.4, 0.5) is 4.39 Å². The first kappa shape index (κ1) is 9.15. The van der Waals surface area contributed by atoms with Crippen molar-refractivity contribution < 1.29 is 14.3 Å². The standard InChI is InChI=1S/C10H10FNO2/c11-7-3-1-6(10(13)14)5-2-4-8(12)9(5)7/h1,3,8H,2,4,12H2,(H,13,14). The zero-order valence-electron chi connectivity index (χ0n) is 7.46. The molecule has 0 aromatic heterocycles. The van der Waals surface area contributed by atoms with Gasteiger partial charge in [0.05, 0.1) is 5.56 Å². The van der Waals surface area contributed by atoms with Gasteiger partial charge in [-0.15, -0.1) is 0 Å². The van der Waals surface area contributed by atoms with Crippen molar-refractivity contribution >= 4 is 5.97 Å². The van der Waals surface area contributed by atoms with Gasteiger partial charge in [0.25, 0.3) is 0 Å². The van der Waals surface area contributed by atoms with Crippen molar-refractivity contribution in [3.8, 4) is 0 Å². The first-order chi connectivity index (χ1) is 6.61. The van der Waals surface area contributed by atoms with E-state index in [1.807, 2.05) is 0 Å². The Labute approximate surface area is 80.3 Å². The van der Waals surface area contributed by atoms with Crippen molar-refractivity contribution in [1.82, 2.24) is 0 Å². The minimum absolute atomic E-state index is 0.175. The topological polar surface area (TPSA) is 63.3 Å². The number of carbonyl (C=O) groups is 1. The molecule has 0 amide bonds. The van der Waals surface area contributed by atoms with E-state index in [1.54, 1.807) is 0 Å². The largest absolute Gasteiger partial charge is 0.478 e. The van der Waals surface area contributed by atoms with Gasteiger partial charge < -0.3 is 10.8 Å². The van der Waals surface area contributed by atoms with Crippen LogP contribution in [0.25, 0.3) is 0 Å². The summed E-state index contributed by atoms with van der Waals surface area (Å²) >= 11 is 0. The molecule has 1 aliphatic rings. The Morgan fingerprint density at radius 1 is 1.57 bits per heavy atom. The van der Waals surface area contributed by atoms with Gasteiger partial charge in [-0.1, -0.05) is 0 Å². The third-order valence-electron chi connectivity index (χ3n) is 2.61. The molecule has 3 nitrogen and oxygen atoms in total. The van der Waals surface area contributed by atoms with Gasteiger partial charge in [-0.25, -0.2) is 9.18 Å². The van der Waals surface area contributed by atoms with Gasteiger partial charge in [0.2, 0.25) is 0 Å². The van der Waals surface area contributed by atoms with Crippen LogP contribution in [0.15, 0.2) is 12.1 Å². The third-order valence-corrected chi connectivity index (χ3v) is 2.61. The van der Waals surface area contributed by atoms with Crippen LogP contribution in [0.3, 0.4) is 0 Å². The molecule has 0 radical (unpaired) electrons. The summed E-state index contributed by atoms with van der Waals surface area (Å²) in [4.78, 5) is 10.8. The summed E-state index contributed by atoms with van der Waals surface area (Å²) in [5.74, 6) is -1.41. The first-order valence-electron chi connectivity index (χ1n) is 4.41. The van der Waals surface area contributed by atoms with Crippen LogP contribution in [0, 0.1) is 5.82 Å². The van der Waals surface area contributed by atoms with Crippen LogP contribution in [-0.2, 0) is 6.42 Å². The van der Waals surface area contributed by atoms with Crippen molar-refractivity contribution in [1.29, 1.82) is 0 Å². The third kappa shape index (κ3) is 1.19. The molecule has 0 spiro atoms. The summed E-state index contributed by atoms with van der Waals surface area (Å²) < 4.78 is 13.3. The molecule has 4 heteroatoms. The van der Waals surface area contributed by atoms with E-state index in [2.05, 4.69) is 0 Å². The van der Waals surface area contributed by atoms with Crippen LogP contribution < -0.4 is 5.73 Å². The number of halogens is 1. The van der Waals surface area contributed by atoms with Gasteiger partial charge in [0.1, 0.15) is 5.82 Å². The Morgan fingerprint density at radius 2 is 2.29 bits per heavy atom. The molecule has 0 saturated carbocycles. The first-order valence-corrected chi connectivity index (χ1v) is 4.41. The Hall–Kier alpha value is -1.42. The predicted octanol–water partition coefficient (Wildman–Crippen LogP) is 1.47. The molecule has 14 heavy (non-hydrogen) atoms. The number of benzene rings is 1. The number of rotatable bonds is 1. The van der Waals surface area contributed by atoms with Crippen LogP contribution in [0.1, 0.15) is 33.9 Å². The number of fused-ring (bicyclic) bond motifs is 1. The maximum absolute atomic E-state index is 13.3. The molecule has 1 unspecified atom stereocenters. The van der Waals surface area contributed by atoms with E-state index in [-0.39, 0.29) is 11.6 Å². The molecule has 1 aromatic rings. The lowest BCUT2D eigenvalue weighted by Crippen LogP contribution is -2.09. The highest BCUT2D eigenvalue weighted by atomic mass is 19.1. The molecule has 0 aliphatic heterocycles. The van der Waals surface area contributed by atoms with Gasteiger partial charge in [-0.3, -0.25) is 0 Å². The fraction of sp³-hybridized carbons (Fsp3) is 0.300. The molecule has 74 valence electrons. The van der Waals surface area contributed by atoms with Gasteiger partial charge in [0, 0.05) is 11.6 Å². The molecule has 0 saturated heterocycles. The number of nitrogens with two attached hydrogens (primary N) is 1. The van der Waals surface area contributed by atoms with E-state index in [1.165, 1.54) is 12.1 Å². The van der Waals surface area contributed by atoms with Crippen LogP contribution in [0.2, 0.25) is 0 Å². The second-order valence-corrected chi connectivity index (χ2v) is 3.44. The second kappa shape index (κ2) is 3.06. The number of carboxylic acids is 1. The highest BCUT2D eigenvalue weighted by Gasteiger charge is 2.27.